The lowest BCUT2D eigenvalue weighted by atomic mass is 9.66. The average Bonchev–Trinajstić information content (AvgIpc) is 3.23. The summed E-state index contributed by atoms with van der Waals surface area (Å²) in [6, 6.07) is 0. The van der Waals surface area contributed by atoms with Crippen LogP contribution in [0.2, 0.25) is 0 Å². The third-order valence-corrected chi connectivity index (χ3v) is 9.07. The van der Waals surface area contributed by atoms with Gasteiger partial charge >= 0.3 is 5.97 Å². The molecule has 0 aromatic carbocycles. The van der Waals surface area contributed by atoms with E-state index in [1.54, 1.807) is 0 Å². The second kappa shape index (κ2) is 4.95. The SMILES string of the molecule is C=C1C2(C(=O)NNC(=O)C34CCC(C)(C(=O)O3)C4(C)C)CCC(C2)C1(C)C. The van der Waals surface area contributed by atoms with Crippen LogP contribution in [0.5, 0.6) is 0 Å². The Morgan fingerprint density at radius 2 is 1.67 bits per heavy atom. The average molecular weight is 374 g/mol. The molecule has 3 aliphatic carbocycles. The minimum absolute atomic E-state index is 0.0610. The second-order valence-electron chi connectivity index (χ2n) is 10.3. The summed E-state index contributed by atoms with van der Waals surface area (Å²) in [5.74, 6) is -0.517. The standard InChI is InChI=1S/C21H30N2O4/c1-12-17(2,3)13-7-8-20(12,11-13)14(24)22-23-15(25)21-10-9-19(6,16(26)27-21)18(21,4)5/h13H,1,7-11H2,2-6H3,(H,22,24)(H,23,25). The number of esters is 1. The Bertz CT molecular complexity index is 785. The molecule has 27 heavy (non-hydrogen) atoms. The van der Waals surface area contributed by atoms with Gasteiger partial charge in [0.05, 0.1) is 10.8 Å². The molecule has 0 radical (unpaired) electrons. The van der Waals surface area contributed by atoms with Crippen LogP contribution in [0.3, 0.4) is 0 Å². The van der Waals surface area contributed by atoms with Gasteiger partial charge in [0.25, 0.3) is 5.91 Å². The van der Waals surface area contributed by atoms with Gasteiger partial charge in [0, 0.05) is 5.41 Å². The van der Waals surface area contributed by atoms with E-state index in [0.29, 0.717) is 18.8 Å². The van der Waals surface area contributed by atoms with E-state index >= 15 is 0 Å². The third-order valence-electron chi connectivity index (χ3n) is 9.07. The molecule has 0 spiro atoms. The quantitative estimate of drug-likeness (QED) is 0.442. The first-order valence-electron chi connectivity index (χ1n) is 9.89. The summed E-state index contributed by atoms with van der Waals surface area (Å²) >= 11 is 0. The molecule has 1 heterocycles. The van der Waals surface area contributed by atoms with Crippen molar-refractivity contribution in [2.45, 2.75) is 72.3 Å². The number of carbonyl (C=O) groups excluding carboxylic acids is 3. The van der Waals surface area contributed by atoms with Crippen molar-refractivity contribution in [1.29, 1.82) is 0 Å². The number of ether oxygens (including phenoxy) is 1. The molecule has 6 heteroatoms. The third kappa shape index (κ3) is 1.84. The predicted octanol–water partition coefficient (Wildman–Crippen LogP) is 2.64. The van der Waals surface area contributed by atoms with Crippen LogP contribution in [-0.2, 0) is 19.1 Å². The number of amides is 2. The fourth-order valence-electron chi connectivity index (χ4n) is 6.22. The summed E-state index contributed by atoms with van der Waals surface area (Å²) < 4.78 is 5.58. The van der Waals surface area contributed by atoms with E-state index < -0.39 is 27.8 Å². The highest BCUT2D eigenvalue weighted by Gasteiger charge is 2.75. The van der Waals surface area contributed by atoms with E-state index in [1.807, 2.05) is 20.8 Å². The van der Waals surface area contributed by atoms with Gasteiger partial charge in [0.15, 0.2) is 5.60 Å². The van der Waals surface area contributed by atoms with Gasteiger partial charge in [-0.3, -0.25) is 25.2 Å². The zero-order chi connectivity index (χ0) is 20.0. The summed E-state index contributed by atoms with van der Waals surface area (Å²) in [6.45, 7) is 14.2. The van der Waals surface area contributed by atoms with E-state index in [-0.39, 0.29) is 17.3 Å². The highest BCUT2D eigenvalue weighted by Crippen LogP contribution is 2.66. The molecule has 4 rings (SSSR count). The van der Waals surface area contributed by atoms with E-state index in [0.717, 1.165) is 24.8 Å². The van der Waals surface area contributed by atoms with E-state index in [9.17, 15) is 14.4 Å². The number of hydrazine groups is 1. The molecule has 4 bridgehead atoms. The van der Waals surface area contributed by atoms with E-state index in [4.69, 9.17) is 4.74 Å². The highest BCUT2D eigenvalue weighted by molar-refractivity contribution is 5.97. The number of nitrogens with one attached hydrogen (secondary N) is 2. The lowest BCUT2D eigenvalue weighted by Crippen LogP contribution is -2.59. The van der Waals surface area contributed by atoms with Crippen LogP contribution in [-0.4, -0.2) is 23.4 Å². The summed E-state index contributed by atoms with van der Waals surface area (Å²) in [6.07, 6.45) is 3.63. The van der Waals surface area contributed by atoms with Crippen LogP contribution in [0.1, 0.15) is 66.7 Å². The molecule has 148 valence electrons. The van der Waals surface area contributed by atoms with Crippen molar-refractivity contribution in [3.05, 3.63) is 12.2 Å². The molecule has 6 nitrogen and oxygen atoms in total. The van der Waals surface area contributed by atoms with Crippen molar-refractivity contribution >= 4 is 17.8 Å². The van der Waals surface area contributed by atoms with Gasteiger partial charge in [-0.25, -0.2) is 0 Å². The van der Waals surface area contributed by atoms with Crippen LogP contribution in [0.25, 0.3) is 0 Å². The molecule has 1 aliphatic heterocycles. The smallest absolute Gasteiger partial charge is 0.313 e. The first kappa shape index (κ1) is 18.5. The topological polar surface area (TPSA) is 84.5 Å². The van der Waals surface area contributed by atoms with Crippen LogP contribution in [0.15, 0.2) is 12.2 Å². The lowest BCUT2D eigenvalue weighted by Gasteiger charge is -2.38. The minimum Gasteiger partial charge on any atom is -0.448 e. The number of carbonyl (C=O) groups is 3. The maximum absolute atomic E-state index is 13.0. The molecule has 4 aliphatic rings. The Labute approximate surface area is 160 Å². The number of hydrogen-bond donors (Lipinski definition) is 2. The Morgan fingerprint density at radius 3 is 2.15 bits per heavy atom. The van der Waals surface area contributed by atoms with Gasteiger partial charge in [-0.2, -0.15) is 0 Å². The van der Waals surface area contributed by atoms with Gasteiger partial charge < -0.3 is 4.74 Å². The first-order valence-corrected chi connectivity index (χ1v) is 9.89. The summed E-state index contributed by atoms with van der Waals surface area (Å²) in [7, 11) is 0. The van der Waals surface area contributed by atoms with Crippen LogP contribution in [0.4, 0.5) is 0 Å². The zero-order valence-corrected chi connectivity index (χ0v) is 17.0. The second-order valence-corrected chi connectivity index (χ2v) is 10.3. The molecule has 4 unspecified atom stereocenters. The predicted molar refractivity (Wildman–Crippen MR) is 98.9 cm³/mol. The Hall–Kier alpha value is -1.85. The van der Waals surface area contributed by atoms with Crippen molar-refractivity contribution in [1.82, 2.24) is 10.9 Å². The fourth-order valence-corrected chi connectivity index (χ4v) is 6.22. The number of hydrogen-bond acceptors (Lipinski definition) is 4. The van der Waals surface area contributed by atoms with Crippen LogP contribution >= 0.6 is 0 Å². The molecule has 4 atom stereocenters. The van der Waals surface area contributed by atoms with Crippen molar-refractivity contribution < 1.29 is 19.1 Å². The number of fused-ring (bicyclic) bond motifs is 4. The largest absolute Gasteiger partial charge is 0.448 e. The molecular weight excluding hydrogens is 344 g/mol. The Kier molecular flexibility index (Phi) is 3.39. The van der Waals surface area contributed by atoms with Crippen molar-refractivity contribution in [3.8, 4) is 0 Å². The van der Waals surface area contributed by atoms with Crippen molar-refractivity contribution in [3.63, 3.8) is 0 Å². The van der Waals surface area contributed by atoms with Gasteiger partial charge in [-0.05, 0) is 50.4 Å². The summed E-state index contributed by atoms with van der Waals surface area (Å²) in [5, 5.41) is 0. The van der Waals surface area contributed by atoms with Gasteiger partial charge in [-0.1, -0.05) is 39.8 Å². The van der Waals surface area contributed by atoms with Gasteiger partial charge in [-0.15, -0.1) is 0 Å². The van der Waals surface area contributed by atoms with Crippen LogP contribution < -0.4 is 10.9 Å². The lowest BCUT2D eigenvalue weighted by molar-refractivity contribution is -0.169. The molecule has 1 saturated heterocycles. The molecule has 3 saturated carbocycles. The molecule has 2 amide bonds. The first-order chi connectivity index (χ1) is 12.4. The monoisotopic (exact) mass is 374 g/mol. The molecular formula is C21H30N2O4. The van der Waals surface area contributed by atoms with Crippen molar-refractivity contribution in [2.75, 3.05) is 0 Å². The number of rotatable bonds is 2. The summed E-state index contributed by atoms with van der Waals surface area (Å²) in [5.41, 5.74) is 2.97. The molecule has 0 aromatic rings. The van der Waals surface area contributed by atoms with E-state index in [1.165, 1.54) is 0 Å². The van der Waals surface area contributed by atoms with Gasteiger partial charge in [0.2, 0.25) is 5.91 Å². The van der Waals surface area contributed by atoms with Crippen LogP contribution in [0, 0.1) is 27.6 Å². The highest BCUT2D eigenvalue weighted by atomic mass is 16.6. The zero-order valence-electron chi connectivity index (χ0n) is 17.0. The summed E-state index contributed by atoms with van der Waals surface area (Å²) in [4.78, 5) is 38.4. The van der Waals surface area contributed by atoms with E-state index in [2.05, 4.69) is 31.3 Å². The fraction of sp³-hybridized carbons (Fsp3) is 0.762. The van der Waals surface area contributed by atoms with Crippen molar-refractivity contribution in [2.24, 2.45) is 27.6 Å². The molecule has 4 fully saturated rings. The minimum atomic E-state index is -1.23. The molecule has 0 aromatic heterocycles. The maximum atomic E-state index is 13.0. The molecule has 2 N–H and O–H groups in total. The normalized spacial score (nSPS) is 42.9. The maximum Gasteiger partial charge on any atom is 0.313 e. The Morgan fingerprint density at radius 1 is 1.04 bits per heavy atom. The Balaban J connectivity index is 1.50. The van der Waals surface area contributed by atoms with Gasteiger partial charge in [0.1, 0.15) is 0 Å².